The first-order valence-corrected chi connectivity index (χ1v) is 8.47. The molecule has 5 heteroatoms. The molecule has 0 aromatic heterocycles. The zero-order chi connectivity index (χ0) is 17.4. The van der Waals surface area contributed by atoms with Crippen molar-refractivity contribution in [1.29, 1.82) is 0 Å². The molecule has 2 aliphatic rings. The summed E-state index contributed by atoms with van der Waals surface area (Å²) in [6.45, 7) is 1.83. The first kappa shape index (κ1) is 15.8. The van der Waals surface area contributed by atoms with Crippen LogP contribution in [0.3, 0.4) is 0 Å². The molecule has 1 spiro atoms. The highest BCUT2D eigenvalue weighted by atomic mass is 19.1. The van der Waals surface area contributed by atoms with Crippen molar-refractivity contribution >= 4 is 17.5 Å². The smallest absolute Gasteiger partial charge is 0.253 e. The minimum absolute atomic E-state index is 0.0187. The van der Waals surface area contributed by atoms with Crippen molar-refractivity contribution in [3.8, 4) is 0 Å². The van der Waals surface area contributed by atoms with E-state index in [9.17, 15) is 14.0 Å². The summed E-state index contributed by atoms with van der Waals surface area (Å²) in [5.74, 6) is -0.253. The summed E-state index contributed by atoms with van der Waals surface area (Å²) in [6, 6.07) is 15.2. The van der Waals surface area contributed by atoms with Crippen molar-refractivity contribution in [2.75, 3.05) is 24.5 Å². The Morgan fingerprint density at radius 1 is 1.00 bits per heavy atom. The van der Waals surface area contributed by atoms with Crippen LogP contribution in [0.1, 0.15) is 23.2 Å². The Bertz CT molecular complexity index is 806. The van der Waals surface area contributed by atoms with E-state index >= 15 is 0 Å². The van der Waals surface area contributed by atoms with Gasteiger partial charge in [0, 0.05) is 42.7 Å². The summed E-state index contributed by atoms with van der Waals surface area (Å²) < 4.78 is 13.1. The Morgan fingerprint density at radius 3 is 2.44 bits per heavy atom. The Kier molecular flexibility index (Phi) is 3.79. The number of carbonyl (C=O) groups is 2. The van der Waals surface area contributed by atoms with Gasteiger partial charge in [-0.25, -0.2) is 4.39 Å². The molecule has 0 saturated carbocycles. The third-order valence-corrected chi connectivity index (χ3v) is 5.21. The van der Waals surface area contributed by atoms with E-state index in [1.54, 1.807) is 17.0 Å². The van der Waals surface area contributed by atoms with Gasteiger partial charge in [0.2, 0.25) is 5.91 Å². The average Bonchev–Trinajstić information content (AvgIpc) is 3.19. The van der Waals surface area contributed by atoms with Crippen molar-refractivity contribution in [2.24, 2.45) is 5.41 Å². The third kappa shape index (κ3) is 2.90. The molecule has 2 heterocycles. The van der Waals surface area contributed by atoms with E-state index in [0.29, 0.717) is 31.6 Å². The van der Waals surface area contributed by atoms with E-state index in [4.69, 9.17) is 0 Å². The molecule has 25 heavy (non-hydrogen) atoms. The number of amides is 2. The molecule has 2 saturated heterocycles. The normalized spacial score (nSPS) is 22.8. The van der Waals surface area contributed by atoms with Gasteiger partial charge in [-0.05, 0) is 42.8 Å². The van der Waals surface area contributed by atoms with Crippen molar-refractivity contribution in [2.45, 2.75) is 12.8 Å². The van der Waals surface area contributed by atoms with Gasteiger partial charge in [0.05, 0.1) is 0 Å². The van der Waals surface area contributed by atoms with Gasteiger partial charge < -0.3 is 9.80 Å². The van der Waals surface area contributed by atoms with Crippen LogP contribution in [0.25, 0.3) is 0 Å². The third-order valence-electron chi connectivity index (χ3n) is 5.21. The van der Waals surface area contributed by atoms with Gasteiger partial charge in [0.15, 0.2) is 0 Å². The predicted octanol–water partition coefficient (Wildman–Crippen LogP) is 3.09. The second-order valence-corrected chi connectivity index (χ2v) is 6.98. The second kappa shape index (κ2) is 5.99. The number of anilines is 1. The van der Waals surface area contributed by atoms with Gasteiger partial charge in [-0.1, -0.05) is 18.2 Å². The summed E-state index contributed by atoms with van der Waals surface area (Å²) in [4.78, 5) is 28.7. The number of hydrogen-bond acceptors (Lipinski definition) is 2. The highest BCUT2D eigenvalue weighted by Crippen LogP contribution is 2.42. The van der Waals surface area contributed by atoms with E-state index in [1.165, 1.54) is 12.1 Å². The molecular formula is C20H19FN2O2. The van der Waals surface area contributed by atoms with Crippen LogP contribution in [0.5, 0.6) is 0 Å². The van der Waals surface area contributed by atoms with Gasteiger partial charge in [-0.2, -0.15) is 0 Å². The fourth-order valence-corrected chi connectivity index (χ4v) is 3.90. The monoisotopic (exact) mass is 338 g/mol. The molecule has 4 rings (SSSR count). The summed E-state index contributed by atoms with van der Waals surface area (Å²) in [6.07, 6.45) is 1.25. The van der Waals surface area contributed by atoms with Crippen LogP contribution in [0.15, 0.2) is 54.6 Å². The van der Waals surface area contributed by atoms with Crippen molar-refractivity contribution < 1.29 is 14.0 Å². The lowest BCUT2D eigenvalue weighted by atomic mass is 9.86. The van der Waals surface area contributed by atoms with Crippen LogP contribution < -0.4 is 4.90 Å². The number of carbonyl (C=O) groups excluding carboxylic acids is 2. The van der Waals surface area contributed by atoms with Gasteiger partial charge in [0.1, 0.15) is 5.82 Å². The van der Waals surface area contributed by atoms with Crippen LogP contribution in [0, 0.1) is 11.2 Å². The van der Waals surface area contributed by atoms with Crippen LogP contribution in [0.4, 0.5) is 10.1 Å². The number of benzene rings is 2. The standard InChI is InChI=1S/C20H19FN2O2/c21-16-6-8-17(9-7-16)23-14-20(12-18(23)24)10-11-22(13-20)19(25)15-4-2-1-3-5-15/h1-9H,10-14H2/t20-/m0/s1. The van der Waals surface area contributed by atoms with E-state index in [-0.39, 0.29) is 23.0 Å². The van der Waals surface area contributed by atoms with Gasteiger partial charge in [-0.3, -0.25) is 9.59 Å². The zero-order valence-corrected chi connectivity index (χ0v) is 13.8. The summed E-state index contributed by atoms with van der Waals surface area (Å²) in [5, 5.41) is 0. The maximum atomic E-state index is 13.1. The van der Waals surface area contributed by atoms with Gasteiger partial charge >= 0.3 is 0 Å². The molecule has 1 atom stereocenters. The number of rotatable bonds is 2. The lowest BCUT2D eigenvalue weighted by Gasteiger charge is -2.24. The molecule has 0 N–H and O–H groups in total. The SMILES string of the molecule is O=C(c1ccccc1)N1CC[C@]2(CC(=O)N(c3ccc(F)cc3)C2)C1. The Labute approximate surface area is 145 Å². The lowest BCUT2D eigenvalue weighted by molar-refractivity contribution is -0.117. The quantitative estimate of drug-likeness (QED) is 0.844. The first-order chi connectivity index (χ1) is 12.1. The number of nitrogens with zero attached hydrogens (tertiary/aromatic N) is 2. The number of hydrogen-bond donors (Lipinski definition) is 0. The molecule has 0 aliphatic carbocycles. The van der Waals surface area contributed by atoms with Crippen molar-refractivity contribution in [1.82, 2.24) is 4.90 Å². The molecule has 0 unspecified atom stereocenters. The minimum atomic E-state index is -0.314. The fraction of sp³-hybridized carbons (Fsp3) is 0.300. The Balaban J connectivity index is 1.50. The highest BCUT2D eigenvalue weighted by molar-refractivity contribution is 5.97. The largest absolute Gasteiger partial charge is 0.338 e. The van der Waals surface area contributed by atoms with Gasteiger partial charge in [-0.15, -0.1) is 0 Å². The molecule has 2 fully saturated rings. The molecule has 2 aliphatic heterocycles. The molecule has 2 aromatic rings. The zero-order valence-electron chi connectivity index (χ0n) is 13.8. The van der Waals surface area contributed by atoms with Crippen molar-refractivity contribution in [3.05, 3.63) is 66.0 Å². The van der Waals surface area contributed by atoms with E-state index in [2.05, 4.69) is 0 Å². The fourth-order valence-electron chi connectivity index (χ4n) is 3.90. The topological polar surface area (TPSA) is 40.6 Å². The maximum absolute atomic E-state index is 13.1. The maximum Gasteiger partial charge on any atom is 0.253 e. The summed E-state index contributed by atoms with van der Waals surface area (Å²) in [7, 11) is 0. The van der Waals surface area contributed by atoms with Crippen LogP contribution in [0.2, 0.25) is 0 Å². The molecular weight excluding hydrogens is 319 g/mol. The highest BCUT2D eigenvalue weighted by Gasteiger charge is 2.48. The number of likely N-dealkylation sites (tertiary alicyclic amines) is 1. The van der Waals surface area contributed by atoms with Crippen molar-refractivity contribution in [3.63, 3.8) is 0 Å². The van der Waals surface area contributed by atoms with E-state index < -0.39 is 0 Å². The minimum Gasteiger partial charge on any atom is -0.338 e. The molecule has 2 amide bonds. The molecule has 128 valence electrons. The lowest BCUT2D eigenvalue weighted by Crippen LogP contribution is -2.34. The number of halogens is 1. The van der Waals surface area contributed by atoms with Crippen LogP contribution >= 0.6 is 0 Å². The predicted molar refractivity (Wildman–Crippen MR) is 92.8 cm³/mol. The molecule has 2 aromatic carbocycles. The first-order valence-electron chi connectivity index (χ1n) is 8.47. The molecule has 0 bridgehead atoms. The van der Waals surface area contributed by atoms with E-state index in [1.807, 2.05) is 35.2 Å². The average molecular weight is 338 g/mol. The molecule has 0 radical (unpaired) electrons. The summed E-state index contributed by atoms with van der Waals surface area (Å²) >= 11 is 0. The molecule has 4 nitrogen and oxygen atoms in total. The van der Waals surface area contributed by atoms with Crippen LogP contribution in [-0.2, 0) is 4.79 Å². The summed E-state index contributed by atoms with van der Waals surface area (Å²) in [5.41, 5.74) is 1.20. The Hall–Kier alpha value is -2.69. The van der Waals surface area contributed by atoms with E-state index in [0.717, 1.165) is 12.1 Å². The van der Waals surface area contributed by atoms with Gasteiger partial charge in [0.25, 0.3) is 5.91 Å². The Morgan fingerprint density at radius 2 is 1.72 bits per heavy atom. The second-order valence-electron chi connectivity index (χ2n) is 6.98. The van der Waals surface area contributed by atoms with Crippen LogP contribution in [-0.4, -0.2) is 36.3 Å².